The van der Waals surface area contributed by atoms with Gasteiger partial charge in [-0.15, -0.1) is 0 Å². The van der Waals surface area contributed by atoms with Gasteiger partial charge in [0.05, 0.1) is 12.0 Å². The summed E-state index contributed by atoms with van der Waals surface area (Å²) in [6.07, 6.45) is 7.82. The monoisotopic (exact) mass is 541 g/mol. The largest absolute Gasteiger partial charge is 0.481 e. The highest BCUT2D eigenvalue weighted by Crippen LogP contribution is 2.33. The first-order chi connectivity index (χ1) is 19.3. The summed E-state index contributed by atoms with van der Waals surface area (Å²) < 4.78 is 3.89. The number of aryl methyl sites for hydroxylation is 1. The van der Waals surface area contributed by atoms with Crippen molar-refractivity contribution >= 4 is 28.8 Å². The number of carbonyl (C=O) groups excluding carboxylic acids is 2. The van der Waals surface area contributed by atoms with Crippen molar-refractivity contribution in [1.29, 1.82) is 0 Å². The minimum absolute atomic E-state index is 0.0279. The van der Waals surface area contributed by atoms with Crippen molar-refractivity contribution in [3.05, 3.63) is 65.7 Å². The predicted molar refractivity (Wildman–Crippen MR) is 148 cm³/mol. The van der Waals surface area contributed by atoms with Gasteiger partial charge >= 0.3 is 5.97 Å². The average Bonchev–Trinajstić information content (AvgIpc) is 3.72. The molecule has 2 amide bonds. The molecular formula is C29H31N7O4. The van der Waals surface area contributed by atoms with Gasteiger partial charge in [0.15, 0.2) is 5.82 Å². The van der Waals surface area contributed by atoms with Gasteiger partial charge in [0.2, 0.25) is 5.91 Å². The van der Waals surface area contributed by atoms with E-state index in [1.807, 2.05) is 40.7 Å². The predicted octanol–water partition coefficient (Wildman–Crippen LogP) is 2.70. The van der Waals surface area contributed by atoms with E-state index in [1.165, 1.54) is 23.3 Å². The molecule has 1 saturated heterocycles. The highest BCUT2D eigenvalue weighted by Gasteiger charge is 2.36. The summed E-state index contributed by atoms with van der Waals surface area (Å²) >= 11 is 0. The first-order valence-electron chi connectivity index (χ1n) is 13.5. The molecule has 0 bridgehead atoms. The van der Waals surface area contributed by atoms with Crippen LogP contribution in [0.25, 0.3) is 28.1 Å². The number of aromatic nitrogens is 4. The number of amides is 2. The number of primary amides is 1. The summed E-state index contributed by atoms with van der Waals surface area (Å²) in [5.41, 5.74) is 10.4. The Kier molecular flexibility index (Phi) is 6.59. The van der Waals surface area contributed by atoms with Crippen molar-refractivity contribution < 1.29 is 19.5 Å². The number of hydrogen-bond acceptors (Lipinski definition) is 6. The molecule has 1 aromatic carbocycles. The molecule has 11 heteroatoms. The number of nitrogens with two attached hydrogens (primary N) is 1. The Bertz CT molecular complexity index is 1630. The SMILES string of the molecule is Cn1cnc(-n2ccc3c(CN4CCCC4)cc(-c4ccc5c(c4)CN(C(CCC(=O)O)C(N)=O)C5=O)nc32)c1. The minimum atomic E-state index is -1.04. The average molecular weight is 542 g/mol. The van der Waals surface area contributed by atoms with Crippen LogP contribution in [0.2, 0.25) is 0 Å². The van der Waals surface area contributed by atoms with Gasteiger partial charge in [-0.25, -0.2) is 9.97 Å². The van der Waals surface area contributed by atoms with Crippen molar-refractivity contribution in [2.75, 3.05) is 13.1 Å². The van der Waals surface area contributed by atoms with Crippen LogP contribution >= 0.6 is 0 Å². The van der Waals surface area contributed by atoms with Gasteiger partial charge in [-0.1, -0.05) is 6.07 Å². The number of nitrogens with zero attached hydrogens (tertiary/aromatic N) is 6. The van der Waals surface area contributed by atoms with Crippen LogP contribution in [-0.4, -0.2) is 70.9 Å². The first kappa shape index (κ1) is 25.8. The van der Waals surface area contributed by atoms with Crippen molar-refractivity contribution in [2.24, 2.45) is 12.8 Å². The number of carboxylic acids is 1. The van der Waals surface area contributed by atoms with Crippen LogP contribution in [0.3, 0.4) is 0 Å². The minimum Gasteiger partial charge on any atom is -0.481 e. The lowest BCUT2D eigenvalue weighted by molar-refractivity contribution is -0.137. The maximum atomic E-state index is 13.2. The van der Waals surface area contributed by atoms with Gasteiger partial charge in [-0.2, -0.15) is 0 Å². The van der Waals surface area contributed by atoms with Crippen molar-refractivity contribution in [3.8, 4) is 17.1 Å². The van der Waals surface area contributed by atoms with Crippen LogP contribution in [-0.2, 0) is 29.7 Å². The van der Waals surface area contributed by atoms with Crippen LogP contribution in [0.1, 0.15) is 47.2 Å². The summed E-state index contributed by atoms with van der Waals surface area (Å²) in [6.45, 7) is 3.14. The Morgan fingerprint density at radius 3 is 2.65 bits per heavy atom. The molecule has 6 rings (SSSR count). The molecule has 2 aliphatic heterocycles. The zero-order valence-electron chi connectivity index (χ0n) is 22.3. The summed E-state index contributed by atoms with van der Waals surface area (Å²) in [7, 11) is 1.93. The fraction of sp³-hybridized carbons (Fsp3) is 0.345. The maximum absolute atomic E-state index is 13.2. The zero-order chi connectivity index (χ0) is 28.0. The van der Waals surface area contributed by atoms with Crippen LogP contribution < -0.4 is 5.73 Å². The molecular weight excluding hydrogens is 510 g/mol. The summed E-state index contributed by atoms with van der Waals surface area (Å²) in [5, 5.41) is 10.2. The lowest BCUT2D eigenvalue weighted by Gasteiger charge is -2.24. The van der Waals surface area contributed by atoms with Gasteiger partial charge in [0.1, 0.15) is 11.7 Å². The number of pyridine rings is 1. The lowest BCUT2D eigenvalue weighted by Crippen LogP contribution is -2.45. The van der Waals surface area contributed by atoms with Crippen molar-refractivity contribution in [2.45, 2.75) is 44.8 Å². The summed E-state index contributed by atoms with van der Waals surface area (Å²) in [6, 6.07) is 8.79. The van der Waals surface area contributed by atoms with Crippen LogP contribution in [0.4, 0.5) is 0 Å². The Hall–Kier alpha value is -4.51. The van der Waals surface area contributed by atoms with Crippen molar-refractivity contribution in [1.82, 2.24) is 28.9 Å². The Morgan fingerprint density at radius 1 is 1.15 bits per heavy atom. The van der Waals surface area contributed by atoms with Gasteiger partial charge in [-0.3, -0.25) is 23.9 Å². The van der Waals surface area contributed by atoms with Gasteiger partial charge < -0.3 is 20.3 Å². The van der Waals surface area contributed by atoms with E-state index in [-0.39, 0.29) is 25.3 Å². The second-order valence-electron chi connectivity index (χ2n) is 10.6. The molecule has 1 unspecified atom stereocenters. The molecule has 0 spiro atoms. The number of hydrogen-bond donors (Lipinski definition) is 2. The third-order valence-corrected chi connectivity index (χ3v) is 7.84. The topological polar surface area (TPSA) is 140 Å². The molecule has 1 fully saturated rings. The normalized spacial score (nSPS) is 16.1. The lowest BCUT2D eigenvalue weighted by atomic mass is 10.0. The van der Waals surface area contributed by atoms with Crippen molar-refractivity contribution in [3.63, 3.8) is 0 Å². The van der Waals surface area contributed by atoms with E-state index in [0.717, 1.165) is 53.3 Å². The second kappa shape index (κ2) is 10.2. The number of imidazole rings is 1. The molecule has 1 atom stereocenters. The number of aliphatic carboxylic acids is 1. The van der Waals surface area contributed by atoms with E-state index in [1.54, 1.807) is 12.4 Å². The smallest absolute Gasteiger partial charge is 0.303 e. The van der Waals surface area contributed by atoms with Gasteiger partial charge in [0.25, 0.3) is 5.91 Å². The molecule has 5 heterocycles. The molecule has 2 aliphatic rings. The molecule has 4 aromatic rings. The number of rotatable bonds is 9. The number of carboxylic acid groups (broad SMARTS) is 1. The van der Waals surface area contributed by atoms with Crippen LogP contribution in [0, 0.1) is 0 Å². The molecule has 40 heavy (non-hydrogen) atoms. The maximum Gasteiger partial charge on any atom is 0.303 e. The van der Waals surface area contributed by atoms with E-state index >= 15 is 0 Å². The van der Waals surface area contributed by atoms with Gasteiger partial charge in [0, 0.05) is 55.5 Å². The number of likely N-dealkylation sites (tertiary alicyclic amines) is 1. The highest BCUT2D eigenvalue weighted by molar-refractivity contribution is 6.01. The summed E-state index contributed by atoms with van der Waals surface area (Å²) in [5.74, 6) is -1.29. The third-order valence-electron chi connectivity index (χ3n) is 7.84. The quantitative estimate of drug-likeness (QED) is 0.332. The van der Waals surface area contributed by atoms with Crippen LogP contribution in [0.15, 0.2) is 49.1 Å². The third kappa shape index (κ3) is 4.73. The standard InChI is InChI=1S/C29H31N7O4/c1-33-16-25(31-17-33)35-11-8-21-20(14-34-9-2-3-10-34)13-23(32-28(21)35)18-4-5-22-19(12-18)15-36(29(22)40)24(27(30)39)6-7-26(37)38/h4-5,8,11-13,16-17,24H,2-3,6-7,9-10,14-15H2,1H3,(H2,30,39)(H,37,38). The zero-order valence-corrected chi connectivity index (χ0v) is 22.3. The Labute approximate surface area is 230 Å². The molecule has 0 aliphatic carbocycles. The molecule has 11 nitrogen and oxygen atoms in total. The van der Waals surface area contributed by atoms with E-state index < -0.39 is 17.9 Å². The molecule has 3 N–H and O–H groups in total. The molecule has 3 aromatic heterocycles. The molecule has 0 saturated carbocycles. The van der Waals surface area contributed by atoms with E-state index in [4.69, 9.17) is 15.8 Å². The second-order valence-corrected chi connectivity index (χ2v) is 10.6. The fourth-order valence-corrected chi connectivity index (χ4v) is 5.81. The van der Waals surface area contributed by atoms with E-state index in [0.29, 0.717) is 5.56 Å². The molecule has 0 radical (unpaired) electrons. The number of fused-ring (bicyclic) bond motifs is 2. The van der Waals surface area contributed by atoms with E-state index in [9.17, 15) is 14.4 Å². The fourth-order valence-electron chi connectivity index (χ4n) is 5.81. The summed E-state index contributed by atoms with van der Waals surface area (Å²) in [4.78, 5) is 49.8. The number of benzene rings is 1. The molecule has 206 valence electrons. The Balaban J connectivity index is 1.39. The first-order valence-corrected chi connectivity index (χ1v) is 13.5. The number of carbonyl (C=O) groups is 3. The Morgan fingerprint density at radius 2 is 1.95 bits per heavy atom. The van der Waals surface area contributed by atoms with Crippen LogP contribution in [0.5, 0.6) is 0 Å². The van der Waals surface area contributed by atoms with E-state index in [2.05, 4.69) is 22.0 Å². The highest BCUT2D eigenvalue weighted by atomic mass is 16.4. The van der Waals surface area contributed by atoms with Gasteiger partial charge in [-0.05, 0) is 67.7 Å².